The van der Waals surface area contributed by atoms with Gasteiger partial charge in [-0.3, -0.25) is 0 Å². The summed E-state index contributed by atoms with van der Waals surface area (Å²) in [5, 5.41) is 9.45. The lowest BCUT2D eigenvalue weighted by Gasteiger charge is -2.47. The maximum atomic E-state index is 9.45. The minimum atomic E-state index is -0.337. The van der Waals surface area contributed by atoms with Crippen molar-refractivity contribution < 1.29 is 9.84 Å². The van der Waals surface area contributed by atoms with Crippen molar-refractivity contribution in [3.05, 3.63) is 23.5 Å². The Hall–Kier alpha value is -0.760. The molecule has 2 nitrogen and oxygen atoms in total. The SMILES string of the molecule is C[C@@H](O)CC1=CC=C2C(C)(C)CCC[C@@]2(C)O1. The smallest absolute Gasteiger partial charge is 0.128 e. The van der Waals surface area contributed by atoms with Gasteiger partial charge in [0.05, 0.1) is 11.9 Å². The third kappa shape index (κ3) is 2.42. The van der Waals surface area contributed by atoms with Crippen LogP contribution in [0.1, 0.15) is 53.4 Å². The lowest BCUT2D eigenvalue weighted by Crippen LogP contribution is -2.43. The van der Waals surface area contributed by atoms with Gasteiger partial charge in [-0.1, -0.05) is 19.9 Å². The van der Waals surface area contributed by atoms with Gasteiger partial charge in [0.15, 0.2) is 0 Å². The van der Waals surface area contributed by atoms with E-state index >= 15 is 0 Å². The third-order valence-electron chi connectivity index (χ3n) is 4.04. The lowest BCUT2D eigenvalue weighted by molar-refractivity contribution is -0.00931. The normalized spacial score (nSPS) is 33.0. The zero-order chi connectivity index (χ0) is 12.7. The van der Waals surface area contributed by atoms with Gasteiger partial charge in [-0.25, -0.2) is 0 Å². The molecule has 0 aromatic carbocycles. The molecule has 0 saturated heterocycles. The largest absolute Gasteiger partial charge is 0.487 e. The van der Waals surface area contributed by atoms with Crippen molar-refractivity contribution in [3.63, 3.8) is 0 Å². The first kappa shape index (κ1) is 12.7. The van der Waals surface area contributed by atoms with Crippen LogP contribution >= 0.6 is 0 Å². The van der Waals surface area contributed by atoms with Crippen LogP contribution in [0, 0.1) is 5.41 Å². The molecule has 0 spiro atoms. The molecule has 2 atom stereocenters. The van der Waals surface area contributed by atoms with Crippen LogP contribution in [0.3, 0.4) is 0 Å². The number of hydrogen-bond donors (Lipinski definition) is 1. The van der Waals surface area contributed by atoms with Gasteiger partial charge >= 0.3 is 0 Å². The van der Waals surface area contributed by atoms with E-state index in [4.69, 9.17) is 4.74 Å². The van der Waals surface area contributed by atoms with Gasteiger partial charge in [-0.15, -0.1) is 0 Å². The predicted molar refractivity (Wildman–Crippen MR) is 69.6 cm³/mol. The second-order valence-electron chi connectivity index (χ2n) is 6.34. The average molecular weight is 236 g/mol. The molecule has 1 N–H and O–H groups in total. The van der Waals surface area contributed by atoms with E-state index in [-0.39, 0.29) is 17.1 Å². The van der Waals surface area contributed by atoms with E-state index in [0.29, 0.717) is 6.42 Å². The van der Waals surface area contributed by atoms with Gasteiger partial charge < -0.3 is 9.84 Å². The average Bonchev–Trinajstić information content (AvgIpc) is 2.13. The van der Waals surface area contributed by atoms with E-state index in [9.17, 15) is 5.11 Å². The van der Waals surface area contributed by atoms with E-state index in [1.807, 2.05) is 6.08 Å². The molecular weight excluding hydrogens is 212 g/mol. The van der Waals surface area contributed by atoms with Crippen molar-refractivity contribution in [2.24, 2.45) is 5.41 Å². The summed E-state index contributed by atoms with van der Waals surface area (Å²) in [6.45, 7) is 8.59. The molecule has 96 valence electrons. The molecule has 0 radical (unpaired) electrons. The molecule has 17 heavy (non-hydrogen) atoms. The number of rotatable bonds is 2. The van der Waals surface area contributed by atoms with Gasteiger partial charge in [-0.2, -0.15) is 0 Å². The monoisotopic (exact) mass is 236 g/mol. The highest BCUT2D eigenvalue weighted by atomic mass is 16.5. The molecule has 2 heteroatoms. The summed E-state index contributed by atoms with van der Waals surface area (Å²) in [7, 11) is 0. The number of aliphatic hydroxyl groups is 1. The summed E-state index contributed by atoms with van der Waals surface area (Å²) in [6, 6.07) is 0. The second-order valence-corrected chi connectivity index (χ2v) is 6.34. The first-order valence-corrected chi connectivity index (χ1v) is 6.62. The molecule has 0 aromatic heterocycles. The third-order valence-corrected chi connectivity index (χ3v) is 4.04. The standard InChI is InChI=1S/C15H24O2/c1-11(16)10-12-6-7-13-14(2,3)8-5-9-15(13,4)17-12/h6-7,11,16H,5,8-10H2,1-4H3/t11-,15-/m1/s1. The molecule has 1 aliphatic carbocycles. The van der Waals surface area contributed by atoms with Gasteiger partial charge in [0.2, 0.25) is 0 Å². The van der Waals surface area contributed by atoms with Crippen LogP contribution in [0.5, 0.6) is 0 Å². The van der Waals surface area contributed by atoms with Crippen LogP contribution in [-0.2, 0) is 4.74 Å². The lowest BCUT2D eigenvalue weighted by atomic mass is 9.65. The molecule has 0 aromatic rings. The summed E-state index contributed by atoms with van der Waals surface area (Å²) in [4.78, 5) is 0. The molecule has 2 aliphatic rings. The first-order valence-electron chi connectivity index (χ1n) is 6.62. The van der Waals surface area contributed by atoms with Gasteiger partial charge in [0.25, 0.3) is 0 Å². The Morgan fingerprint density at radius 2 is 2.00 bits per heavy atom. The Morgan fingerprint density at radius 3 is 2.65 bits per heavy atom. The molecule has 1 heterocycles. The number of hydrogen-bond acceptors (Lipinski definition) is 2. The Balaban J connectivity index is 2.28. The van der Waals surface area contributed by atoms with Crippen LogP contribution in [-0.4, -0.2) is 16.8 Å². The Morgan fingerprint density at radius 1 is 1.29 bits per heavy atom. The highest BCUT2D eigenvalue weighted by Crippen LogP contribution is 2.49. The minimum Gasteiger partial charge on any atom is -0.487 e. The molecule has 1 fully saturated rings. The summed E-state index contributed by atoms with van der Waals surface area (Å²) >= 11 is 0. The molecule has 1 aliphatic heterocycles. The van der Waals surface area contributed by atoms with Crippen molar-refractivity contribution >= 4 is 0 Å². The maximum Gasteiger partial charge on any atom is 0.128 e. The number of aliphatic hydroxyl groups excluding tert-OH is 1. The minimum absolute atomic E-state index is 0.152. The molecule has 0 bridgehead atoms. The quantitative estimate of drug-likeness (QED) is 0.794. The fraction of sp³-hybridized carbons (Fsp3) is 0.733. The van der Waals surface area contributed by atoms with Crippen molar-refractivity contribution in [1.29, 1.82) is 0 Å². The first-order chi connectivity index (χ1) is 7.83. The number of fused-ring (bicyclic) bond motifs is 1. The van der Waals surface area contributed by atoms with Crippen LogP contribution in [0.4, 0.5) is 0 Å². The Bertz CT molecular complexity index is 363. The van der Waals surface area contributed by atoms with Crippen molar-refractivity contribution in [2.75, 3.05) is 0 Å². The zero-order valence-corrected chi connectivity index (χ0v) is 11.4. The summed E-state index contributed by atoms with van der Waals surface area (Å²) in [5.41, 5.74) is 1.49. The fourth-order valence-corrected chi connectivity index (χ4v) is 3.26. The highest BCUT2D eigenvalue weighted by Gasteiger charge is 2.44. The van der Waals surface area contributed by atoms with Crippen molar-refractivity contribution in [2.45, 2.75) is 65.1 Å². The van der Waals surface area contributed by atoms with Crippen molar-refractivity contribution in [1.82, 2.24) is 0 Å². The van der Waals surface area contributed by atoms with Gasteiger partial charge in [-0.05, 0) is 50.2 Å². The van der Waals surface area contributed by atoms with E-state index in [1.165, 1.54) is 18.4 Å². The molecular formula is C15H24O2. The molecule has 0 amide bonds. The molecule has 0 unspecified atom stereocenters. The Labute approximate surface area is 104 Å². The summed E-state index contributed by atoms with van der Waals surface area (Å²) in [6.07, 6.45) is 8.06. The molecule has 1 saturated carbocycles. The van der Waals surface area contributed by atoms with E-state index in [1.54, 1.807) is 6.92 Å². The maximum absolute atomic E-state index is 9.45. The van der Waals surface area contributed by atoms with Gasteiger partial charge in [0, 0.05) is 6.42 Å². The summed E-state index contributed by atoms with van der Waals surface area (Å²) < 4.78 is 6.16. The van der Waals surface area contributed by atoms with Crippen LogP contribution in [0.25, 0.3) is 0 Å². The van der Waals surface area contributed by atoms with Gasteiger partial charge in [0.1, 0.15) is 5.60 Å². The second kappa shape index (κ2) is 4.16. The van der Waals surface area contributed by atoms with E-state index in [2.05, 4.69) is 26.8 Å². The van der Waals surface area contributed by atoms with Crippen molar-refractivity contribution in [3.8, 4) is 0 Å². The highest BCUT2D eigenvalue weighted by molar-refractivity contribution is 5.34. The number of allylic oxidation sites excluding steroid dienone is 2. The van der Waals surface area contributed by atoms with Crippen LogP contribution in [0.2, 0.25) is 0 Å². The topological polar surface area (TPSA) is 29.5 Å². The fourth-order valence-electron chi connectivity index (χ4n) is 3.26. The van der Waals surface area contributed by atoms with E-state index < -0.39 is 0 Å². The number of ether oxygens (including phenoxy) is 1. The molecule has 2 rings (SSSR count). The van der Waals surface area contributed by atoms with E-state index in [0.717, 1.165) is 12.2 Å². The zero-order valence-electron chi connectivity index (χ0n) is 11.4. The Kier molecular flexibility index (Phi) is 3.11. The predicted octanol–water partition coefficient (Wildman–Crippen LogP) is 3.57. The summed E-state index contributed by atoms with van der Waals surface area (Å²) in [5.74, 6) is 0.920. The van der Waals surface area contributed by atoms with Crippen LogP contribution in [0.15, 0.2) is 23.5 Å². The van der Waals surface area contributed by atoms with Crippen LogP contribution < -0.4 is 0 Å².